The topological polar surface area (TPSA) is 33.1 Å². The number of rotatable bonds is 5. The third-order valence-electron chi connectivity index (χ3n) is 4.41. The summed E-state index contributed by atoms with van der Waals surface area (Å²) in [7, 11) is 2.06. The first-order chi connectivity index (χ1) is 9.88. The van der Waals surface area contributed by atoms with Gasteiger partial charge in [0.15, 0.2) is 0 Å². The molecule has 1 aromatic heterocycles. The lowest BCUT2D eigenvalue weighted by Crippen LogP contribution is -2.61. The molecule has 0 radical (unpaired) electrons. The van der Waals surface area contributed by atoms with Gasteiger partial charge in [-0.15, -0.1) is 0 Å². The molecule has 2 rings (SSSR count). The Balaban J connectivity index is 2.20. The van der Waals surface area contributed by atoms with Crippen LogP contribution in [0.25, 0.3) is 0 Å². The van der Waals surface area contributed by atoms with Gasteiger partial charge in [-0.1, -0.05) is 20.3 Å². The first-order valence-corrected chi connectivity index (χ1v) is 8.86. The van der Waals surface area contributed by atoms with Crippen LogP contribution in [0.15, 0.2) is 4.47 Å². The van der Waals surface area contributed by atoms with Crippen molar-refractivity contribution in [2.45, 2.75) is 65.1 Å². The second kappa shape index (κ2) is 6.80. The summed E-state index contributed by atoms with van der Waals surface area (Å²) in [6.45, 7) is 12.1. The lowest BCUT2D eigenvalue weighted by atomic mass is 9.96. The maximum absolute atomic E-state index is 4.63. The van der Waals surface area contributed by atoms with Crippen LogP contribution in [-0.4, -0.2) is 39.4 Å². The Morgan fingerprint density at radius 1 is 1.38 bits per heavy atom. The average molecular weight is 357 g/mol. The minimum Gasteiger partial charge on any atom is -0.309 e. The van der Waals surface area contributed by atoms with Crippen LogP contribution in [-0.2, 0) is 20.0 Å². The van der Waals surface area contributed by atoms with Crippen molar-refractivity contribution < 1.29 is 0 Å². The summed E-state index contributed by atoms with van der Waals surface area (Å²) in [5.74, 6) is 0. The van der Waals surface area contributed by atoms with Crippen molar-refractivity contribution in [2.75, 3.05) is 13.1 Å². The summed E-state index contributed by atoms with van der Waals surface area (Å²) < 4.78 is 3.24. The Morgan fingerprint density at radius 2 is 2.10 bits per heavy atom. The first kappa shape index (κ1) is 17.0. The van der Waals surface area contributed by atoms with Gasteiger partial charge in [0.1, 0.15) is 0 Å². The van der Waals surface area contributed by atoms with Gasteiger partial charge in [0.2, 0.25) is 0 Å². The highest BCUT2D eigenvalue weighted by molar-refractivity contribution is 9.10. The maximum atomic E-state index is 4.63. The van der Waals surface area contributed by atoms with E-state index >= 15 is 0 Å². The van der Waals surface area contributed by atoms with Crippen LogP contribution in [0.3, 0.4) is 0 Å². The van der Waals surface area contributed by atoms with E-state index < -0.39 is 0 Å². The van der Waals surface area contributed by atoms with Gasteiger partial charge < -0.3 is 5.32 Å². The fourth-order valence-corrected chi connectivity index (χ4v) is 3.94. The number of halogens is 1. The molecule has 1 fully saturated rings. The van der Waals surface area contributed by atoms with Gasteiger partial charge in [-0.2, -0.15) is 5.10 Å². The smallest absolute Gasteiger partial charge is 0.0767 e. The molecule has 0 bridgehead atoms. The van der Waals surface area contributed by atoms with E-state index in [2.05, 4.69) is 66.0 Å². The molecule has 1 atom stereocenters. The molecule has 0 spiro atoms. The fourth-order valence-electron chi connectivity index (χ4n) is 3.20. The molecule has 1 N–H and O–H groups in total. The van der Waals surface area contributed by atoms with Crippen LogP contribution in [0.1, 0.15) is 51.9 Å². The van der Waals surface area contributed by atoms with Gasteiger partial charge in [-0.05, 0) is 42.6 Å². The van der Waals surface area contributed by atoms with Gasteiger partial charge in [0, 0.05) is 38.3 Å². The minimum atomic E-state index is 0.183. The fraction of sp³-hybridized carbons (Fsp3) is 0.812. The molecule has 1 unspecified atom stereocenters. The summed E-state index contributed by atoms with van der Waals surface area (Å²) in [4.78, 5) is 2.63. The lowest BCUT2D eigenvalue weighted by Gasteiger charge is -2.44. The standard InChI is InChI=1S/C16H29BrN4/c1-6-8-12-9-18-16(3,4)11-21(12)10-14-15(17)13(7-2)19-20(14)5/h12,18H,6-11H2,1-5H3. The number of aryl methyl sites for hydroxylation is 2. The summed E-state index contributed by atoms with van der Waals surface area (Å²) in [5, 5.41) is 8.31. The van der Waals surface area contributed by atoms with E-state index in [0.717, 1.165) is 31.7 Å². The normalized spacial score (nSPS) is 22.7. The highest BCUT2D eigenvalue weighted by Crippen LogP contribution is 2.26. The molecule has 1 aliphatic rings. The van der Waals surface area contributed by atoms with E-state index in [9.17, 15) is 0 Å². The van der Waals surface area contributed by atoms with Crippen molar-refractivity contribution in [1.29, 1.82) is 0 Å². The summed E-state index contributed by atoms with van der Waals surface area (Å²) in [5.41, 5.74) is 2.64. The van der Waals surface area contributed by atoms with Crippen LogP contribution in [0.5, 0.6) is 0 Å². The zero-order valence-corrected chi connectivity index (χ0v) is 15.6. The quantitative estimate of drug-likeness (QED) is 0.879. The second-order valence-electron chi connectivity index (χ2n) is 6.80. The predicted octanol–water partition coefficient (Wildman–Crippen LogP) is 3.10. The molecule has 21 heavy (non-hydrogen) atoms. The van der Waals surface area contributed by atoms with Crippen molar-refractivity contribution in [3.8, 4) is 0 Å². The molecule has 0 amide bonds. The predicted molar refractivity (Wildman–Crippen MR) is 91.5 cm³/mol. The monoisotopic (exact) mass is 356 g/mol. The number of hydrogen-bond donors (Lipinski definition) is 1. The number of hydrogen-bond acceptors (Lipinski definition) is 3. The van der Waals surface area contributed by atoms with Gasteiger partial charge in [0.05, 0.1) is 15.9 Å². The summed E-state index contributed by atoms with van der Waals surface area (Å²) >= 11 is 3.75. The van der Waals surface area contributed by atoms with Gasteiger partial charge in [0.25, 0.3) is 0 Å². The van der Waals surface area contributed by atoms with Crippen LogP contribution in [0.4, 0.5) is 0 Å². The zero-order valence-electron chi connectivity index (χ0n) is 14.0. The molecule has 1 aromatic rings. The van der Waals surface area contributed by atoms with Crippen LogP contribution >= 0.6 is 15.9 Å². The van der Waals surface area contributed by atoms with Crippen molar-refractivity contribution in [2.24, 2.45) is 7.05 Å². The van der Waals surface area contributed by atoms with E-state index in [1.54, 1.807) is 0 Å². The molecule has 1 aliphatic heterocycles. The van der Waals surface area contributed by atoms with Crippen molar-refractivity contribution in [1.82, 2.24) is 20.0 Å². The first-order valence-electron chi connectivity index (χ1n) is 8.07. The molecule has 5 heteroatoms. The van der Waals surface area contributed by atoms with Crippen LogP contribution in [0.2, 0.25) is 0 Å². The van der Waals surface area contributed by atoms with E-state index in [4.69, 9.17) is 0 Å². The van der Waals surface area contributed by atoms with Crippen molar-refractivity contribution >= 4 is 15.9 Å². The molecule has 120 valence electrons. The molecule has 4 nitrogen and oxygen atoms in total. The molecule has 2 heterocycles. The third-order valence-corrected chi connectivity index (χ3v) is 5.32. The average Bonchev–Trinajstić information content (AvgIpc) is 2.69. The Kier molecular flexibility index (Phi) is 5.49. The molecule has 1 saturated heterocycles. The van der Waals surface area contributed by atoms with E-state index in [-0.39, 0.29) is 5.54 Å². The Hall–Kier alpha value is -0.390. The van der Waals surface area contributed by atoms with Gasteiger partial charge in [-0.25, -0.2) is 0 Å². The summed E-state index contributed by atoms with van der Waals surface area (Å²) in [6, 6.07) is 0.620. The largest absolute Gasteiger partial charge is 0.309 e. The van der Waals surface area contributed by atoms with Gasteiger partial charge >= 0.3 is 0 Å². The zero-order chi connectivity index (χ0) is 15.6. The Morgan fingerprint density at radius 3 is 2.67 bits per heavy atom. The molecule has 0 saturated carbocycles. The third kappa shape index (κ3) is 3.88. The Labute approximate surface area is 137 Å². The highest BCUT2D eigenvalue weighted by atomic mass is 79.9. The highest BCUT2D eigenvalue weighted by Gasteiger charge is 2.32. The number of piperazine rings is 1. The van der Waals surface area contributed by atoms with E-state index in [0.29, 0.717) is 6.04 Å². The van der Waals surface area contributed by atoms with Crippen molar-refractivity contribution in [3.05, 3.63) is 15.9 Å². The van der Waals surface area contributed by atoms with Crippen LogP contribution in [0, 0.1) is 0 Å². The molecule has 0 aromatic carbocycles. The second-order valence-corrected chi connectivity index (χ2v) is 7.59. The van der Waals surface area contributed by atoms with E-state index in [1.165, 1.54) is 23.0 Å². The SMILES string of the molecule is CCCC1CNC(C)(C)CN1Cc1c(Br)c(CC)nn1C. The molecule has 0 aliphatic carbocycles. The van der Waals surface area contributed by atoms with Crippen LogP contribution < -0.4 is 5.32 Å². The number of nitrogens with zero attached hydrogens (tertiary/aromatic N) is 3. The number of aromatic nitrogens is 2. The molecular formula is C16H29BrN4. The Bertz CT molecular complexity index is 481. The maximum Gasteiger partial charge on any atom is 0.0767 e. The van der Waals surface area contributed by atoms with Gasteiger partial charge in [-0.3, -0.25) is 9.58 Å². The van der Waals surface area contributed by atoms with E-state index in [1.807, 2.05) is 4.68 Å². The summed E-state index contributed by atoms with van der Waals surface area (Å²) in [6.07, 6.45) is 3.45. The lowest BCUT2D eigenvalue weighted by molar-refractivity contribution is 0.0802. The van der Waals surface area contributed by atoms with Crippen molar-refractivity contribution in [3.63, 3.8) is 0 Å². The molecular weight excluding hydrogens is 328 g/mol. The minimum absolute atomic E-state index is 0.183. The number of nitrogens with one attached hydrogen (secondary N) is 1.